The third kappa shape index (κ3) is 6.90. The number of carbonyl (C=O) groups excluding carboxylic acids is 1. The molecule has 0 aromatic heterocycles. The van der Waals surface area contributed by atoms with E-state index in [9.17, 15) is 4.79 Å². The lowest BCUT2D eigenvalue weighted by molar-refractivity contribution is -0.127. The molecule has 0 aliphatic rings. The zero-order chi connectivity index (χ0) is 21.3. The SMILES string of the molecule is C[C@@H](Oc1ccc(Br)cc1)C(=O)N/N=C\c1cccc(OCc2ccc(Cl)cc2)c1. The topological polar surface area (TPSA) is 59.9 Å². The second kappa shape index (κ2) is 10.8. The van der Waals surface area contributed by atoms with Gasteiger partial charge >= 0.3 is 0 Å². The fourth-order valence-electron chi connectivity index (χ4n) is 2.46. The first-order chi connectivity index (χ1) is 14.5. The number of ether oxygens (including phenoxy) is 2. The molecule has 1 N–H and O–H groups in total. The number of amides is 1. The third-order valence-electron chi connectivity index (χ3n) is 4.06. The highest BCUT2D eigenvalue weighted by molar-refractivity contribution is 9.10. The summed E-state index contributed by atoms with van der Waals surface area (Å²) in [4.78, 5) is 12.2. The van der Waals surface area contributed by atoms with E-state index in [-0.39, 0.29) is 5.91 Å². The number of nitrogens with one attached hydrogen (secondary N) is 1. The minimum atomic E-state index is -0.683. The molecule has 3 aromatic rings. The Kier molecular flexibility index (Phi) is 7.88. The van der Waals surface area contributed by atoms with Crippen molar-refractivity contribution >= 4 is 39.7 Å². The van der Waals surface area contributed by atoms with E-state index in [0.29, 0.717) is 23.1 Å². The maximum atomic E-state index is 12.2. The molecule has 0 spiro atoms. The molecule has 0 aliphatic carbocycles. The quantitative estimate of drug-likeness (QED) is 0.332. The van der Waals surface area contributed by atoms with Crippen molar-refractivity contribution in [1.82, 2.24) is 5.43 Å². The smallest absolute Gasteiger partial charge is 0.280 e. The van der Waals surface area contributed by atoms with Crippen molar-refractivity contribution in [3.63, 3.8) is 0 Å². The van der Waals surface area contributed by atoms with E-state index in [1.807, 2.05) is 60.7 Å². The van der Waals surface area contributed by atoms with Crippen molar-refractivity contribution in [1.29, 1.82) is 0 Å². The lowest BCUT2D eigenvalue weighted by atomic mass is 10.2. The molecule has 0 bridgehead atoms. The van der Waals surface area contributed by atoms with Crippen molar-refractivity contribution in [2.24, 2.45) is 5.10 Å². The van der Waals surface area contributed by atoms with Gasteiger partial charge in [0.05, 0.1) is 6.21 Å². The van der Waals surface area contributed by atoms with Gasteiger partial charge in [-0.05, 0) is 66.6 Å². The van der Waals surface area contributed by atoms with Gasteiger partial charge in [0.15, 0.2) is 6.10 Å². The van der Waals surface area contributed by atoms with Gasteiger partial charge in [0.1, 0.15) is 18.1 Å². The average Bonchev–Trinajstić information content (AvgIpc) is 2.75. The predicted molar refractivity (Wildman–Crippen MR) is 122 cm³/mol. The maximum absolute atomic E-state index is 12.2. The molecule has 154 valence electrons. The van der Waals surface area contributed by atoms with E-state index in [0.717, 1.165) is 15.6 Å². The zero-order valence-electron chi connectivity index (χ0n) is 16.2. The molecule has 1 atom stereocenters. The van der Waals surface area contributed by atoms with Gasteiger partial charge in [0.2, 0.25) is 0 Å². The van der Waals surface area contributed by atoms with Gasteiger partial charge in [0.25, 0.3) is 5.91 Å². The number of hydrogen-bond donors (Lipinski definition) is 1. The van der Waals surface area contributed by atoms with Crippen LogP contribution < -0.4 is 14.9 Å². The Morgan fingerprint density at radius 3 is 2.57 bits per heavy atom. The number of carbonyl (C=O) groups is 1. The Morgan fingerprint density at radius 1 is 1.10 bits per heavy atom. The summed E-state index contributed by atoms with van der Waals surface area (Å²) in [7, 11) is 0. The molecule has 0 saturated heterocycles. The first-order valence-corrected chi connectivity index (χ1v) is 10.4. The first-order valence-electron chi connectivity index (χ1n) is 9.22. The molecule has 0 saturated carbocycles. The van der Waals surface area contributed by atoms with Crippen LogP contribution in [0.15, 0.2) is 82.4 Å². The fraction of sp³-hybridized carbons (Fsp3) is 0.130. The van der Waals surface area contributed by atoms with E-state index < -0.39 is 6.10 Å². The molecule has 5 nitrogen and oxygen atoms in total. The van der Waals surface area contributed by atoms with Gasteiger partial charge < -0.3 is 9.47 Å². The zero-order valence-corrected chi connectivity index (χ0v) is 18.6. The van der Waals surface area contributed by atoms with Crippen LogP contribution in [0.5, 0.6) is 11.5 Å². The van der Waals surface area contributed by atoms with Crippen LogP contribution in [0.25, 0.3) is 0 Å². The van der Waals surface area contributed by atoms with Gasteiger partial charge in [-0.1, -0.05) is 51.8 Å². The van der Waals surface area contributed by atoms with Crippen LogP contribution in [0.3, 0.4) is 0 Å². The first kappa shape index (κ1) is 21.9. The highest BCUT2D eigenvalue weighted by Gasteiger charge is 2.13. The summed E-state index contributed by atoms with van der Waals surface area (Å²) < 4.78 is 12.3. The summed E-state index contributed by atoms with van der Waals surface area (Å²) in [6, 6.07) is 22.2. The maximum Gasteiger partial charge on any atom is 0.280 e. The van der Waals surface area contributed by atoms with Crippen LogP contribution in [0.4, 0.5) is 0 Å². The standard InChI is InChI=1S/C23H20BrClN2O3/c1-16(30-21-11-7-19(24)8-12-21)23(28)27-26-14-18-3-2-4-22(13-18)29-15-17-5-9-20(25)10-6-17/h2-14,16H,15H2,1H3,(H,27,28)/b26-14-/t16-/m1/s1. The van der Waals surface area contributed by atoms with E-state index in [2.05, 4.69) is 26.5 Å². The Bertz CT molecular complexity index is 1010. The fourth-order valence-corrected chi connectivity index (χ4v) is 2.85. The van der Waals surface area contributed by atoms with Crippen molar-refractivity contribution in [2.45, 2.75) is 19.6 Å². The van der Waals surface area contributed by atoms with E-state index in [1.165, 1.54) is 0 Å². The molecule has 3 rings (SSSR count). The van der Waals surface area contributed by atoms with Gasteiger partial charge in [-0.15, -0.1) is 0 Å². The number of nitrogens with zero attached hydrogens (tertiary/aromatic N) is 1. The second-order valence-electron chi connectivity index (χ2n) is 6.44. The molecule has 0 aliphatic heterocycles. The highest BCUT2D eigenvalue weighted by atomic mass is 79.9. The van der Waals surface area contributed by atoms with Gasteiger partial charge in [-0.25, -0.2) is 5.43 Å². The summed E-state index contributed by atoms with van der Waals surface area (Å²) in [5.41, 5.74) is 4.30. The lowest BCUT2D eigenvalue weighted by Crippen LogP contribution is -2.33. The summed E-state index contributed by atoms with van der Waals surface area (Å²) in [6.07, 6.45) is 0.872. The van der Waals surface area contributed by atoms with E-state index in [4.69, 9.17) is 21.1 Å². The van der Waals surface area contributed by atoms with Gasteiger partial charge in [-0.2, -0.15) is 5.10 Å². The molecular weight excluding hydrogens is 468 g/mol. The van der Waals surface area contributed by atoms with Crippen LogP contribution in [-0.4, -0.2) is 18.2 Å². The van der Waals surface area contributed by atoms with Crippen molar-refractivity contribution in [3.8, 4) is 11.5 Å². The molecule has 0 unspecified atom stereocenters. The van der Waals surface area contributed by atoms with E-state index in [1.54, 1.807) is 25.3 Å². The van der Waals surface area contributed by atoms with Crippen molar-refractivity contribution < 1.29 is 14.3 Å². The summed E-state index contributed by atoms with van der Waals surface area (Å²) >= 11 is 9.25. The van der Waals surface area contributed by atoms with Crippen molar-refractivity contribution in [2.75, 3.05) is 0 Å². The van der Waals surface area contributed by atoms with Gasteiger partial charge in [0, 0.05) is 9.50 Å². The monoisotopic (exact) mass is 486 g/mol. The minimum absolute atomic E-state index is 0.343. The second-order valence-corrected chi connectivity index (χ2v) is 7.79. The Morgan fingerprint density at radius 2 is 1.83 bits per heavy atom. The van der Waals surface area contributed by atoms with Crippen LogP contribution in [-0.2, 0) is 11.4 Å². The number of halogens is 2. The van der Waals surface area contributed by atoms with Gasteiger partial charge in [-0.3, -0.25) is 4.79 Å². The Labute approximate surface area is 188 Å². The summed E-state index contributed by atoms with van der Waals surface area (Å²) in [6.45, 7) is 2.09. The largest absolute Gasteiger partial charge is 0.489 e. The molecule has 0 fully saturated rings. The van der Waals surface area contributed by atoms with Crippen LogP contribution in [0, 0.1) is 0 Å². The number of hydrogen-bond acceptors (Lipinski definition) is 4. The molecule has 30 heavy (non-hydrogen) atoms. The molecule has 3 aromatic carbocycles. The highest BCUT2D eigenvalue weighted by Crippen LogP contribution is 2.18. The third-order valence-corrected chi connectivity index (χ3v) is 4.84. The molecule has 0 radical (unpaired) electrons. The van der Waals surface area contributed by atoms with Crippen LogP contribution >= 0.6 is 27.5 Å². The lowest BCUT2D eigenvalue weighted by Gasteiger charge is -2.12. The van der Waals surface area contributed by atoms with Crippen LogP contribution in [0.1, 0.15) is 18.1 Å². The molecular formula is C23H20BrClN2O3. The normalized spacial score (nSPS) is 11.8. The predicted octanol–water partition coefficient (Wildman–Crippen LogP) is 5.60. The number of benzene rings is 3. The minimum Gasteiger partial charge on any atom is -0.489 e. The van der Waals surface area contributed by atoms with Crippen LogP contribution in [0.2, 0.25) is 5.02 Å². The summed E-state index contributed by atoms with van der Waals surface area (Å²) in [5, 5.41) is 4.70. The number of rotatable bonds is 8. The van der Waals surface area contributed by atoms with Crippen molar-refractivity contribution in [3.05, 3.63) is 93.4 Å². The number of hydrazone groups is 1. The average molecular weight is 488 g/mol. The van der Waals surface area contributed by atoms with E-state index >= 15 is 0 Å². The Balaban J connectivity index is 1.50. The molecule has 1 amide bonds. The summed E-state index contributed by atoms with van der Waals surface area (Å²) in [5.74, 6) is 0.965. The molecule has 0 heterocycles. The molecule has 7 heteroatoms. The Hall–Kier alpha value is -2.83.